The molecule has 2 atom stereocenters. The van der Waals surface area contributed by atoms with Crippen molar-refractivity contribution in [2.24, 2.45) is 5.73 Å². The molecule has 6 aromatic rings. The number of halogens is 2. The van der Waals surface area contributed by atoms with Gasteiger partial charge in [-0.25, -0.2) is 0 Å². The number of nitrogens with two attached hydrogens (primary N) is 1. The second kappa shape index (κ2) is 19.9. The molecule has 2 unspecified atom stereocenters. The molecular weight excluding hydrogens is 790 g/mol. The van der Waals surface area contributed by atoms with Crippen LogP contribution >= 0.6 is 35.2 Å². The average Bonchev–Trinajstić information content (AvgIpc) is 3.18. The molecule has 0 bridgehead atoms. The average molecular weight is 835 g/mol. The van der Waals surface area contributed by atoms with Crippen molar-refractivity contribution in [1.29, 1.82) is 0 Å². The molecule has 6 aromatic carbocycles. The first kappa shape index (κ1) is 38.0. The van der Waals surface area contributed by atoms with E-state index < -0.39 is 15.8 Å². The fraction of sp³-hybridized carbons (Fsp3) is 0.182. The van der Waals surface area contributed by atoms with Crippen molar-refractivity contribution in [3.63, 3.8) is 0 Å². The van der Waals surface area contributed by atoms with Crippen LogP contribution in [0.25, 0.3) is 0 Å². The Balaban J connectivity index is 0.00000144. The molecule has 0 heterocycles. The van der Waals surface area contributed by atoms with Crippen LogP contribution in [0.4, 0.5) is 0 Å². The van der Waals surface area contributed by atoms with Crippen LogP contribution < -0.4 is 37.6 Å². The summed E-state index contributed by atoms with van der Waals surface area (Å²) in [6, 6.07) is 63.2. The molecule has 1 aliphatic rings. The molecule has 7 heteroatoms. The third kappa shape index (κ3) is 10.0. The Kier molecular flexibility index (Phi) is 14.9. The van der Waals surface area contributed by atoms with Gasteiger partial charge in [0.15, 0.2) is 0 Å². The number of hydrogen-bond acceptors (Lipinski definition) is 2. The zero-order chi connectivity index (χ0) is 35.3. The second-order valence-electron chi connectivity index (χ2n) is 12.7. The number of rotatable bonds is 11. The summed E-state index contributed by atoms with van der Waals surface area (Å²) in [5.74, 6) is 0. The summed E-state index contributed by atoms with van der Waals surface area (Å²) in [4.78, 5) is 2.73. The van der Waals surface area contributed by atoms with E-state index in [-0.39, 0.29) is 21.2 Å². The summed E-state index contributed by atoms with van der Waals surface area (Å²) in [7, 11) is 8.27. The maximum atomic E-state index is 7.01. The van der Waals surface area contributed by atoms with E-state index in [1.54, 1.807) is 0 Å². The van der Waals surface area contributed by atoms with E-state index in [1.165, 1.54) is 55.8 Å². The Morgan fingerprint density at radius 3 is 1.16 bits per heavy atom. The van der Waals surface area contributed by atoms with Gasteiger partial charge < -0.3 is 5.73 Å². The van der Waals surface area contributed by atoms with Crippen molar-refractivity contribution in [1.82, 2.24) is 4.90 Å². The fourth-order valence-electron chi connectivity index (χ4n) is 7.21. The van der Waals surface area contributed by atoms with Gasteiger partial charge in [0.1, 0.15) is 0 Å². The number of nitrogens with zero attached hydrogens (tertiary/aromatic N) is 1. The van der Waals surface area contributed by atoms with Crippen LogP contribution in [0.2, 0.25) is 0 Å². The first-order chi connectivity index (χ1) is 25.2. The van der Waals surface area contributed by atoms with Gasteiger partial charge in [0, 0.05) is 25.2 Å². The van der Waals surface area contributed by atoms with Crippen molar-refractivity contribution >= 4 is 67.1 Å². The van der Waals surface area contributed by atoms with Crippen molar-refractivity contribution in [2.75, 3.05) is 0 Å². The summed E-state index contributed by atoms with van der Waals surface area (Å²) in [5, 5.41) is 8.40. The molecule has 1 saturated carbocycles. The zero-order valence-corrected chi connectivity index (χ0v) is 33.6. The van der Waals surface area contributed by atoms with E-state index in [0.717, 1.165) is 25.9 Å². The molecule has 0 aromatic heterocycles. The predicted octanol–water partition coefficient (Wildman–Crippen LogP) is 8.85. The Morgan fingerprint density at radius 1 is 0.490 bits per heavy atom. The molecule has 51 heavy (non-hydrogen) atoms. The second-order valence-corrected chi connectivity index (χ2v) is 19.8. The van der Waals surface area contributed by atoms with Gasteiger partial charge >= 0.3 is 34.5 Å². The summed E-state index contributed by atoms with van der Waals surface area (Å²) in [6.45, 7) is 1.74. The van der Waals surface area contributed by atoms with Gasteiger partial charge in [-0.3, -0.25) is 4.90 Å². The molecule has 1 fully saturated rings. The fourth-order valence-corrected chi connectivity index (χ4v) is 12.1. The Morgan fingerprint density at radius 2 is 0.804 bits per heavy atom. The minimum atomic E-state index is -0.717. The molecule has 262 valence electrons. The molecule has 7 rings (SSSR count). The molecule has 2 N–H and O–H groups in total. The van der Waals surface area contributed by atoms with Gasteiger partial charge in [0.25, 0.3) is 0 Å². The van der Waals surface area contributed by atoms with Gasteiger partial charge in [0.05, 0.1) is 0 Å². The van der Waals surface area contributed by atoms with E-state index in [9.17, 15) is 0 Å². The zero-order valence-electron chi connectivity index (χ0n) is 28.6. The predicted molar refractivity (Wildman–Crippen MR) is 221 cm³/mol. The van der Waals surface area contributed by atoms with E-state index >= 15 is 0 Å². The first-order valence-corrected chi connectivity index (χ1v) is 24.6. The van der Waals surface area contributed by atoms with E-state index in [1.807, 2.05) is 0 Å². The van der Waals surface area contributed by atoms with Gasteiger partial charge in [-0.2, -0.15) is 0 Å². The summed E-state index contributed by atoms with van der Waals surface area (Å²) in [5.41, 5.74) is 9.82. The SMILES string of the molecule is NC1CCCCC1N(Cc1ccccc1P(c1ccccc1)c1ccccc1)Cc1ccccc1P(c1ccccc1)c1ccccc1.[Cl][Ru][Cl]. The van der Waals surface area contributed by atoms with Crippen LogP contribution in [0.5, 0.6) is 0 Å². The van der Waals surface area contributed by atoms with Crippen LogP contribution in [0.15, 0.2) is 170 Å². The van der Waals surface area contributed by atoms with Crippen LogP contribution in [0.3, 0.4) is 0 Å². The van der Waals surface area contributed by atoms with Gasteiger partial charge in [-0.15, -0.1) is 0 Å². The first-order valence-electron chi connectivity index (χ1n) is 17.5. The van der Waals surface area contributed by atoms with Crippen LogP contribution in [-0.4, -0.2) is 17.0 Å². The molecule has 0 aliphatic heterocycles. The Hall–Kier alpha value is -2.70. The van der Waals surface area contributed by atoms with Crippen LogP contribution in [0.1, 0.15) is 36.8 Å². The van der Waals surface area contributed by atoms with Crippen molar-refractivity contribution in [2.45, 2.75) is 50.9 Å². The van der Waals surface area contributed by atoms with Crippen molar-refractivity contribution < 1.29 is 15.1 Å². The molecule has 0 radical (unpaired) electrons. The maximum absolute atomic E-state index is 7.01. The van der Waals surface area contributed by atoms with Gasteiger partial charge in [-0.05, 0) is 71.6 Å². The molecular formula is C44H44Cl2N2P2Ru. The number of hydrogen-bond donors (Lipinski definition) is 1. The molecule has 0 spiro atoms. The normalized spacial score (nSPS) is 15.9. The Labute approximate surface area is 322 Å². The quantitative estimate of drug-likeness (QED) is 0.105. The molecule has 2 nitrogen and oxygen atoms in total. The van der Waals surface area contributed by atoms with Gasteiger partial charge in [-0.1, -0.05) is 183 Å². The van der Waals surface area contributed by atoms with E-state index in [2.05, 4.69) is 175 Å². The van der Waals surface area contributed by atoms with Crippen molar-refractivity contribution in [3.05, 3.63) is 181 Å². The van der Waals surface area contributed by atoms with Gasteiger partial charge in [0.2, 0.25) is 0 Å². The third-order valence-electron chi connectivity index (χ3n) is 9.52. The Bertz CT molecular complexity index is 1690. The molecule has 1 aliphatic carbocycles. The minimum absolute atomic E-state index is 0.174. The van der Waals surface area contributed by atoms with Crippen LogP contribution in [-0.2, 0) is 28.2 Å². The molecule has 0 saturated heterocycles. The monoisotopic (exact) mass is 834 g/mol. The topological polar surface area (TPSA) is 29.3 Å². The third-order valence-corrected chi connectivity index (χ3v) is 14.6. The summed E-state index contributed by atoms with van der Waals surface area (Å²) in [6.07, 6.45) is 4.69. The van der Waals surface area contributed by atoms with Crippen LogP contribution in [0, 0.1) is 0 Å². The van der Waals surface area contributed by atoms with E-state index in [4.69, 9.17) is 25.1 Å². The van der Waals surface area contributed by atoms with E-state index in [0.29, 0.717) is 6.04 Å². The number of benzene rings is 6. The molecule has 0 amide bonds. The summed E-state index contributed by atoms with van der Waals surface area (Å²) < 4.78 is 0. The summed E-state index contributed by atoms with van der Waals surface area (Å²) >= 11 is -0.346. The van der Waals surface area contributed by atoms with Crippen molar-refractivity contribution in [3.8, 4) is 0 Å². The standard InChI is InChI=1S/C44H44N2P2.2ClH.Ru/c45-41-29-15-16-30-42(41)46(33-35-19-13-17-31-43(35)47(37-21-5-1-6-22-37)38-23-7-2-8-24-38)34-36-20-14-18-32-44(36)48(39-25-9-3-10-26-39)40-27-11-4-12-28-40;;;/h1-14,17-28,31-32,41-42H,15-16,29-30,33-34,45H2;2*1H;/q;;;+2/p-2.